The van der Waals surface area contributed by atoms with Crippen LogP contribution in [0.3, 0.4) is 0 Å². The Balaban J connectivity index is 1.64. The van der Waals surface area contributed by atoms with Crippen LogP contribution in [0, 0.1) is 0 Å². The van der Waals surface area contributed by atoms with Crippen molar-refractivity contribution in [1.29, 1.82) is 0 Å². The molecule has 1 saturated heterocycles. The summed E-state index contributed by atoms with van der Waals surface area (Å²) in [5, 5.41) is 9.61. The molecule has 25 heavy (non-hydrogen) atoms. The Morgan fingerprint density at radius 2 is 2.12 bits per heavy atom. The van der Waals surface area contributed by atoms with Gasteiger partial charge >= 0.3 is 5.97 Å². The monoisotopic (exact) mass is 363 g/mol. The first-order valence-electron chi connectivity index (χ1n) is 7.72. The molecule has 1 amide bonds. The molecule has 0 unspecified atom stereocenters. The van der Waals surface area contributed by atoms with Gasteiger partial charge in [0.1, 0.15) is 5.76 Å². The van der Waals surface area contributed by atoms with Crippen LogP contribution in [-0.2, 0) is 15.3 Å². The van der Waals surface area contributed by atoms with E-state index in [2.05, 4.69) is 9.97 Å². The number of carbonyl (C=O) groups is 2. The first kappa shape index (κ1) is 17.4. The van der Waals surface area contributed by atoms with E-state index in [-0.39, 0.29) is 24.7 Å². The SMILES string of the molecule is O=C(O)C[C@H]1COCCN1C(=O)c1ccc(CSc2ncccn2)o1. The van der Waals surface area contributed by atoms with Crippen LogP contribution in [0.2, 0.25) is 0 Å². The lowest BCUT2D eigenvalue weighted by Gasteiger charge is -2.34. The highest BCUT2D eigenvalue weighted by molar-refractivity contribution is 7.98. The number of furan rings is 1. The van der Waals surface area contributed by atoms with E-state index in [9.17, 15) is 9.59 Å². The average molecular weight is 363 g/mol. The maximum atomic E-state index is 12.6. The number of morpholine rings is 1. The zero-order valence-corrected chi connectivity index (χ0v) is 14.1. The Morgan fingerprint density at radius 1 is 1.32 bits per heavy atom. The molecule has 132 valence electrons. The number of rotatable bonds is 6. The van der Waals surface area contributed by atoms with Crippen LogP contribution in [0.4, 0.5) is 0 Å². The Kier molecular flexibility index (Phi) is 5.67. The van der Waals surface area contributed by atoms with E-state index in [1.54, 1.807) is 30.6 Å². The minimum Gasteiger partial charge on any atom is -0.481 e. The van der Waals surface area contributed by atoms with Crippen LogP contribution in [-0.4, -0.2) is 57.7 Å². The molecular weight excluding hydrogens is 346 g/mol. The smallest absolute Gasteiger partial charge is 0.305 e. The van der Waals surface area contributed by atoms with Crippen LogP contribution in [0.15, 0.2) is 40.2 Å². The van der Waals surface area contributed by atoms with Crippen LogP contribution < -0.4 is 0 Å². The molecule has 1 atom stereocenters. The van der Waals surface area contributed by atoms with Gasteiger partial charge in [0.05, 0.1) is 31.4 Å². The van der Waals surface area contributed by atoms with Crippen LogP contribution in [0.1, 0.15) is 22.7 Å². The molecule has 0 aliphatic carbocycles. The zero-order chi connectivity index (χ0) is 17.6. The first-order valence-corrected chi connectivity index (χ1v) is 8.71. The van der Waals surface area contributed by atoms with Gasteiger partial charge < -0.3 is 19.2 Å². The minimum atomic E-state index is -0.965. The van der Waals surface area contributed by atoms with Crippen molar-refractivity contribution < 1.29 is 23.8 Å². The Labute approximate surface area is 148 Å². The minimum absolute atomic E-state index is 0.152. The van der Waals surface area contributed by atoms with Gasteiger partial charge in [-0.15, -0.1) is 0 Å². The lowest BCUT2D eigenvalue weighted by Crippen LogP contribution is -2.49. The Bertz CT molecular complexity index is 736. The largest absolute Gasteiger partial charge is 0.481 e. The topological polar surface area (TPSA) is 106 Å². The molecule has 1 aliphatic rings. The molecule has 0 radical (unpaired) electrons. The summed E-state index contributed by atoms with van der Waals surface area (Å²) in [6, 6.07) is 4.59. The van der Waals surface area contributed by atoms with E-state index in [0.29, 0.717) is 29.8 Å². The number of carboxylic acid groups (broad SMARTS) is 1. The Morgan fingerprint density at radius 3 is 2.88 bits per heavy atom. The van der Waals surface area contributed by atoms with E-state index in [0.717, 1.165) is 0 Å². The highest BCUT2D eigenvalue weighted by atomic mass is 32.2. The summed E-state index contributed by atoms with van der Waals surface area (Å²) in [5.41, 5.74) is 0. The number of nitrogens with zero attached hydrogens (tertiary/aromatic N) is 3. The number of carboxylic acids is 1. The van der Waals surface area contributed by atoms with Crippen LogP contribution in [0.25, 0.3) is 0 Å². The predicted molar refractivity (Wildman–Crippen MR) is 88.2 cm³/mol. The molecule has 1 aliphatic heterocycles. The van der Waals surface area contributed by atoms with Gasteiger partial charge in [-0.1, -0.05) is 11.8 Å². The van der Waals surface area contributed by atoms with E-state index in [1.165, 1.54) is 16.7 Å². The molecule has 2 aromatic heterocycles. The van der Waals surface area contributed by atoms with E-state index in [1.807, 2.05) is 0 Å². The van der Waals surface area contributed by atoms with Gasteiger partial charge in [0.2, 0.25) is 0 Å². The van der Waals surface area contributed by atoms with E-state index >= 15 is 0 Å². The second-order valence-electron chi connectivity index (χ2n) is 5.41. The summed E-state index contributed by atoms with van der Waals surface area (Å²) in [6.45, 7) is 0.947. The quantitative estimate of drug-likeness (QED) is 0.610. The fourth-order valence-electron chi connectivity index (χ4n) is 2.50. The van der Waals surface area contributed by atoms with Gasteiger partial charge in [0, 0.05) is 18.9 Å². The number of hydrogen-bond acceptors (Lipinski definition) is 7. The second-order valence-corrected chi connectivity index (χ2v) is 6.35. The third kappa shape index (κ3) is 4.58. The van der Waals surface area contributed by atoms with Crippen molar-refractivity contribution in [3.05, 3.63) is 42.1 Å². The highest BCUT2D eigenvalue weighted by Crippen LogP contribution is 2.22. The molecule has 3 rings (SSSR count). The van der Waals surface area contributed by atoms with Gasteiger partial charge in [-0.25, -0.2) is 9.97 Å². The highest BCUT2D eigenvalue weighted by Gasteiger charge is 2.31. The number of ether oxygens (including phenoxy) is 1. The van der Waals surface area contributed by atoms with Gasteiger partial charge in [-0.05, 0) is 18.2 Å². The fourth-order valence-corrected chi connectivity index (χ4v) is 3.20. The predicted octanol–water partition coefficient (Wildman–Crippen LogP) is 1.68. The standard InChI is InChI=1S/C16H17N3O5S/c20-14(21)8-11-9-23-7-6-19(11)15(22)13-3-2-12(24-13)10-25-16-17-4-1-5-18-16/h1-5,11H,6-10H2,(H,20,21)/t11-/m0/s1. The lowest BCUT2D eigenvalue weighted by atomic mass is 10.1. The summed E-state index contributed by atoms with van der Waals surface area (Å²) < 4.78 is 10.9. The summed E-state index contributed by atoms with van der Waals surface area (Å²) in [7, 11) is 0. The number of hydrogen-bond donors (Lipinski definition) is 1. The third-order valence-corrected chi connectivity index (χ3v) is 4.55. The molecule has 1 N–H and O–H groups in total. The van der Waals surface area contributed by atoms with E-state index in [4.69, 9.17) is 14.3 Å². The maximum Gasteiger partial charge on any atom is 0.305 e. The second kappa shape index (κ2) is 8.13. The molecule has 0 aromatic carbocycles. The summed E-state index contributed by atoms with van der Waals surface area (Å²) in [5.74, 6) is 0.0408. The zero-order valence-electron chi connectivity index (χ0n) is 13.3. The number of aromatic nitrogens is 2. The number of aliphatic carboxylic acids is 1. The molecular formula is C16H17N3O5S. The van der Waals surface area contributed by atoms with Crippen LogP contribution in [0.5, 0.6) is 0 Å². The Hall–Kier alpha value is -2.39. The van der Waals surface area contributed by atoms with Crippen molar-refractivity contribution in [1.82, 2.24) is 14.9 Å². The summed E-state index contributed by atoms with van der Waals surface area (Å²) in [4.78, 5) is 33.3. The van der Waals surface area contributed by atoms with Crippen molar-refractivity contribution in [2.45, 2.75) is 23.4 Å². The molecule has 2 aromatic rings. The van der Waals surface area contributed by atoms with Crippen molar-refractivity contribution in [2.75, 3.05) is 19.8 Å². The van der Waals surface area contributed by atoms with E-state index < -0.39 is 12.0 Å². The van der Waals surface area contributed by atoms with Gasteiger partial charge in [-0.3, -0.25) is 9.59 Å². The van der Waals surface area contributed by atoms with Crippen molar-refractivity contribution in [3.63, 3.8) is 0 Å². The van der Waals surface area contributed by atoms with Gasteiger partial charge in [0.25, 0.3) is 5.91 Å². The van der Waals surface area contributed by atoms with Crippen molar-refractivity contribution in [3.8, 4) is 0 Å². The summed E-state index contributed by atoms with van der Waals surface area (Å²) >= 11 is 1.40. The molecule has 3 heterocycles. The molecule has 0 bridgehead atoms. The summed E-state index contributed by atoms with van der Waals surface area (Å²) in [6.07, 6.45) is 3.17. The molecule has 0 spiro atoms. The average Bonchev–Trinajstić information content (AvgIpc) is 3.09. The lowest BCUT2D eigenvalue weighted by molar-refractivity contribution is -0.139. The first-order chi connectivity index (χ1) is 12.1. The van der Waals surface area contributed by atoms with Crippen LogP contribution >= 0.6 is 11.8 Å². The van der Waals surface area contributed by atoms with Gasteiger partial charge in [-0.2, -0.15) is 0 Å². The normalized spacial score (nSPS) is 17.4. The number of carbonyl (C=O) groups excluding carboxylic acids is 1. The number of amides is 1. The molecule has 9 heteroatoms. The fraction of sp³-hybridized carbons (Fsp3) is 0.375. The molecule has 1 fully saturated rings. The van der Waals surface area contributed by atoms with Crippen molar-refractivity contribution in [2.24, 2.45) is 0 Å². The molecule has 8 nitrogen and oxygen atoms in total. The number of thioether (sulfide) groups is 1. The molecule has 0 saturated carbocycles. The third-order valence-electron chi connectivity index (χ3n) is 3.66. The van der Waals surface area contributed by atoms with Gasteiger partial charge in [0.15, 0.2) is 10.9 Å². The maximum absolute atomic E-state index is 12.6. The van der Waals surface area contributed by atoms with Crippen molar-refractivity contribution >= 4 is 23.6 Å².